The van der Waals surface area contributed by atoms with Gasteiger partial charge in [-0.25, -0.2) is 9.97 Å². The Labute approximate surface area is 227 Å². The first kappa shape index (κ1) is 26.9. The van der Waals surface area contributed by atoms with Crippen molar-refractivity contribution in [1.29, 1.82) is 5.26 Å². The molecule has 4 heterocycles. The third-order valence-electron chi connectivity index (χ3n) is 6.88. The monoisotopic (exact) mass is 555 g/mol. The van der Waals surface area contributed by atoms with E-state index in [1.54, 1.807) is 6.07 Å². The molecular weight excluding hydrogens is 527 g/mol. The summed E-state index contributed by atoms with van der Waals surface area (Å²) >= 11 is 1.06. The molecule has 0 bridgehead atoms. The SMILES string of the molecule is CC(=O)NCCn1c(C#N)cc2cc(CN3CCC(Nc4ncnc5sc(CC(F)(F)F)cc45)CC3)ccc21. The first-order valence-electron chi connectivity index (χ1n) is 12.7. The molecule has 4 aromatic rings. The van der Waals surface area contributed by atoms with Crippen LogP contribution in [0.25, 0.3) is 21.1 Å². The van der Waals surface area contributed by atoms with Crippen LogP contribution in [0.15, 0.2) is 36.7 Å². The Kier molecular flexibility index (Phi) is 7.72. The number of halogens is 3. The van der Waals surface area contributed by atoms with Gasteiger partial charge in [-0.2, -0.15) is 18.4 Å². The van der Waals surface area contributed by atoms with E-state index in [1.165, 1.54) is 13.3 Å². The highest BCUT2D eigenvalue weighted by atomic mass is 32.1. The molecule has 0 saturated carbocycles. The molecule has 0 spiro atoms. The molecule has 5 rings (SSSR count). The second-order valence-electron chi connectivity index (χ2n) is 9.81. The number of piperidine rings is 1. The molecule has 0 atom stereocenters. The Morgan fingerprint density at radius 3 is 2.72 bits per heavy atom. The van der Waals surface area contributed by atoms with Crippen molar-refractivity contribution in [2.24, 2.45) is 0 Å². The van der Waals surface area contributed by atoms with Crippen molar-refractivity contribution in [3.8, 4) is 6.07 Å². The zero-order valence-electron chi connectivity index (χ0n) is 21.4. The van der Waals surface area contributed by atoms with Gasteiger partial charge in [0.25, 0.3) is 0 Å². The van der Waals surface area contributed by atoms with E-state index in [-0.39, 0.29) is 16.8 Å². The standard InChI is InChI=1S/C27H28F3N7OS/c1-17(38)32-6-9-37-21(14-31)11-19-10-18(2-3-24(19)37)15-36-7-4-20(5-8-36)35-25-23-12-22(13-27(28,29)30)39-26(23)34-16-33-25/h2-3,10-12,16,20H,4-9,13,15H2,1H3,(H,32,38)(H,33,34,35). The lowest BCUT2D eigenvalue weighted by Gasteiger charge is -2.32. The molecule has 12 heteroatoms. The van der Waals surface area contributed by atoms with Crippen LogP contribution in [0.2, 0.25) is 0 Å². The maximum absolute atomic E-state index is 12.8. The van der Waals surface area contributed by atoms with Gasteiger partial charge in [0.2, 0.25) is 5.91 Å². The number of benzene rings is 1. The van der Waals surface area contributed by atoms with E-state index in [2.05, 4.69) is 43.7 Å². The predicted molar refractivity (Wildman–Crippen MR) is 144 cm³/mol. The highest BCUT2D eigenvalue weighted by Crippen LogP contribution is 2.33. The van der Waals surface area contributed by atoms with E-state index in [4.69, 9.17) is 0 Å². The van der Waals surface area contributed by atoms with Gasteiger partial charge in [-0.05, 0) is 42.7 Å². The van der Waals surface area contributed by atoms with Crippen LogP contribution in [-0.4, -0.2) is 57.2 Å². The number of alkyl halides is 3. The predicted octanol–water partition coefficient (Wildman–Crippen LogP) is 4.84. The first-order valence-corrected chi connectivity index (χ1v) is 13.6. The van der Waals surface area contributed by atoms with Gasteiger partial charge in [-0.15, -0.1) is 11.3 Å². The third-order valence-corrected chi connectivity index (χ3v) is 7.92. The van der Waals surface area contributed by atoms with E-state index in [1.807, 2.05) is 16.7 Å². The number of thiophene rings is 1. The number of fused-ring (bicyclic) bond motifs is 2. The summed E-state index contributed by atoms with van der Waals surface area (Å²) in [5.74, 6) is 0.489. The summed E-state index contributed by atoms with van der Waals surface area (Å²) in [4.78, 5) is 22.8. The van der Waals surface area contributed by atoms with Crippen molar-refractivity contribution in [2.75, 3.05) is 25.0 Å². The van der Waals surface area contributed by atoms with Crippen molar-refractivity contribution in [3.63, 3.8) is 0 Å². The highest BCUT2D eigenvalue weighted by Gasteiger charge is 2.29. The zero-order valence-corrected chi connectivity index (χ0v) is 22.2. The summed E-state index contributed by atoms with van der Waals surface area (Å²) in [5, 5.41) is 17.4. The van der Waals surface area contributed by atoms with Crippen molar-refractivity contribution >= 4 is 44.2 Å². The molecule has 39 heavy (non-hydrogen) atoms. The molecule has 8 nitrogen and oxygen atoms in total. The Morgan fingerprint density at radius 1 is 1.21 bits per heavy atom. The molecule has 1 fully saturated rings. The fraction of sp³-hybridized carbons (Fsp3) is 0.407. The number of amides is 1. The van der Waals surface area contributed by atoms with Gasteiger partial charge < -0.3 is 15.2 Å². The number of nitriles is 1. The van der Waals surface area contributed by atoms with Gasteiger partial charge in [0.1, 0.15) is 28.7 Å². The summed E-state index contributed by atoms with van der Waals surface area (Å²) in [6, 6.07) is 12.1. The van der Waals surface area contributed by atoms with Gasteiger partial charge in [-0.1, -0.05) is 6.07 Å². The summed E-state index contributed by atoms with van der Waals surface area (Å²) in [6.45, 7) is 4.98. The molecular formula is C27H28F3N7OS. The van der Waals surface area contributed by atoms with E-state index in [9.17, 15) is 23.2 Å². The van der Waals surface area contributed by atoms with Crippen molar-refractivity contribution in [3.05, 3.63) is 52.8 Å². The normalized spacial score (nSPS) is 15.1. The Morgan fingerprint density at radius 2 is 2.00 bits per heavy atom. The number of carbonyl (C=O) groups excluding carboxylic acids is 1. The minimum Gasteiger partial charge on any atom is -0.367 e. The maximum atomic E-state index is 12.8. The zero-order chi connectivity index (χ0) is 27.6. The van der Waals surface area contributed by atoms with Crippen molar-refractivity contribution < 1.29 is 18.0 Å². The molecule has 0 radical (unpaired) electrons. The first-order chi connectivity index (χ1) is 18.7. The molecule has 1 aromatic carbocycles. The van der Waals surface area contributed by atoms with Crippen LogP contribution in [-0.2, 0) is 24.3 Å². The molecule has 3 aromatic heterocycles. The van der Waals surface area contributed by atoms with Crippen molar-refractivity contribution in [1.82, 2.24) is 24.8 Å². The molecule has 1 saturated heterocycles. The topological polar surface area (TPSA) is 98.9 Å². The third kappa shape index (κ3) is 6.49. The fourth-order valence-corrected chi connectivity index (χ4v) is 6.11. The lowest BCUT2D eigenvalue weighted by atomic mass is 10.0. The Balaban J connectivity index is 1.20. The van der Waals surface area contributed by atoms with Gasteiger partial charge in [-0.3, -0.25) is 9.69 Å². The van der Waals surface area contributed by atoms with Gasteiger partial charge >= 0.3 is 6.18 Å². The molecule has 0 unspecified atom stereocenters. The number of carbonyl (C=O) groups is 1. The summed E-state index contributed by atoms with van der Waals surface area (Å²) in [5.41, 5.74) is 2.69. The number of likely N-dealkylation sites (tertiary alicyclic amines) is 1. The lowest BCUT2D eigenvalue weighted by Crippen LogP contribution is -2.38. The largest absolute Gasteiger partial charge is 0.393 e. The lowest BCUT2D eigenvalue weighted by molar-refractivity contribution is -0.126. The molecule has 1 aliphatic heterocycles. The molecule has 1 aliphatic rings. The fourth-order valence-electron chi connectivity index (χ4n) is 5.09. The van der Waals surface area contributed by atoms with E-state index < -0.39 is 12.6 Å². The number of hydrogen-bond donors (Lipinski definition) is 2. The Hall–Kier alpha value is -3.69. The van der Waals surface area contributed by atoms with E-state index in [0.717, 1.165) is 60.3 Å². The number of anilines is 1. The summed E-state index contributed by atoms with van der Waals surface area (Å²) in [6.07, 6.45) is -2.06. The average molecular weight is 556 g/mol. The molecule has 0 aliphatic carbocycles. The maximum Gasteiger partial charge on any atom is 0.393 e. The molecule has 1 amide bonds. The summed E-state index contributed by atoms with van der Waals surface area (Å²) < 4.78 is 40.4. The minimum atomic E-state index is -4.25. The van der Waals surface area contributed by atoms with Gasteiger partial charge in [0.15, 0.2) is 0 Å². The number of nitrogens with zero attached hydrogens (tertiary/aromatic N) is 5. The van der Waals surface area contributed by atoms with Gasteiger partial charge in [0.05, 0.1) is 11.8 Å². The van der Waals surface area contributed by atoms with Crippen LogP contribution < -0.4 is 10.6 Å². The quantitative estimate of drug-likeness (QED) is 0.323. The van der Waals surface area contributed by atoms with Crippen LogP contribution in [0.1, 0.15) is 35.9 Å². The van der Waals surface area contributed by atoms with Crippen molar-refractivity contribution in [2.45, 2.75) is 51.5 Å². The second-order valence-corrected chi connectivity index (χ2v) is 10.9. The number of aromatic nitrogens is 3. The minimum absolute atomic E-state index is 0.0990. The van der Waals surface area contributed by atoms with Crippen LogP contribution in [0, 0.1) is 11.3 Å². The average Bonchev–Trinajstić information content (AvgIpc) is 3.44. The smallest absolute Gasteiger partial charge is 0.367 e. The number of rotatable bonds is 8. The van der Waals surface area contributed by atoms with E-state index in [0.29, 0.717) is 34.8 Å². The van der Waals surface area contributed by atoms with Crippen LogP contribution >= 0.6 is 11.3 Å². The number of nitrogens with one attached hydrogen (secondary N) is 2. The van der Waals surface area contributed by atoms with Gasteiger partial charge in [0, 0.05) is 61.5 Å². The van der Waals surface area contributed by atoms with E-state index >= 15 is 0 Å². The highest BCUT2D eigenvalue weighted by molar-refractivity contribution is 7.18. The van der Waals surface area contributed by atoms with Crippen LogP contribution in [0.4, 0.5) is 19.0 Å². The summed E-state index contributed by atoms with van der Waals surface area (Å²) in [7, 11) is 0. The number of hydrogen-bond acceptors (Lipinski definition) is 7. The van der Waals surface area contributed by atoms with Crippen LogP contribution in [0.5, 0.6) is 0 Å². The Bertz CT molecular complexity index is 1530. The molecule has 2 N–H and O–H groups in total. The van der Waals surface area contributed by atoms with Crippen LogP contribution in [0.3, 0.4) is 0 Å². The molecule has 204 valence electrons. The second kappa shape index (κ2) is 11.2.